The quantitative estimate of drug-likeness (QED) is 0.333. The molecule has 1 aliphatic heterocycles. The number of carbonyl (C=O) groups is 1. The van der Waals surface area contributed by atoms with Gasteiger partial charge in [-0.2, -0.15) is 0 Å². The van der Waals surface area contributed by atoms with Gasteiger partial charge in [-0.1, -0.05) is 0 Å². The fourth-order valence-corrected chi connectivity index (χ4v) is 1.69. The van der Waals surface area contributed by atoms with E-state index in [4.69, 9.17) is 5.11 Å². The Morgan fingerprint density at radius 3 is 1.85 bits per heavy atom. The number of hydrogen-bond donors (Lipinski definition) is 3. The maximum absolute atomic E-state index is 10.5. The summed E-state index contributed by atoms with van der Waals surface area (Å²) < 4.78 is 18.3. The normalized spacial score (nSPS) is 33.1. The van der Waals surface area contributed by atoms with Gasteiger partial charge >= 0.3 is 56.6 Å². The number of carboxylic acid groups (broad SMARTS) is 1. The topological polar surface area (TPSA) is 182 Å². The molecule has 0 bridgehead atoms. The Morgan fingerprint density at radius 1 is 1.05 bits per heavy atom. The van der Waals surface area contributed by atoms with Crippen molar-refractivity contribution in [3.05, 3.63) is 0 Å². The third-order valence-corrected chi connectivity index (χ3v) is 2.50. The summed E-state index contributed by atoms with van der Waals surface area (Å²) in [4.78, 5) is 31.0. The van der Waals surface area contributed by atoms with Gasteiger partial charge in [0, 0.05) is 0 Å². The molecule has 10 nitrogen and oxygen atoms in total. The van der Waals surface area contributed by atoms with E-state index in [0.717, 1.165) is 0 Å². The molecule has 5 atom stereocenters. The number of carbonyl (C=O) groups excluding carboxylic acids is 1. The van der Waals surface area contributed by atoms with E-state index in [1.54, 1.807) is 0 Å². The molecule has 1 saturated heterocycles. The van der Waals surface area contributed by atoms with Gasteiger partial charge in [0.25, 0.3) is 0 Å². The van der Waals surface area contributed by atoms with E-state index in [1.165, 1.54) is 0 Å². The number of aliphatic hydroxyl groups is 3. The zero-order valence-corrected chi connectivity index (χ0v) is 11.9. The first-order valence-corrected chi connectivity index (χ1v) is 5.70. The Balaban J connectivity index is -0.000000963. The number of aliphatic carboxylic acids is 1. The summed E-state index contributed by atoms with van der Waals surface area (Å²) >= 11 is 0. The van der Waals surface area contributed by atoms with Gasteiger partial charge in [-0.15, -0.1) is 0 Å². The van der Waals surface area contributed by atoms with E-state index >= 15 is 0 Å². The van der Waals surface area contributed by atoms with Crippen LogP contribution in [0.2, 0.25) is 0 Å². The summed E-state index contributed by atoms with van der Waals surface area (Å²) in [7, 11) is -5.57. The number of hydrogen-bond acceptors (Lipinski definition) is 10. The summed E-state index contributed by atoms with van der Waals surface area (Å²) in [6, 6.07) is 0. The molecule has 0 unspecified atom stereocenters. The molecule has 1 heterocycles. The van der Waals surface area contributed by atoms with Crippen molar-refractivity contribution in [1.29, 1.82) is 0 Å². The molecule has 0 aromatic rings. The SMILES string of the molecule is O=C([O-])[C@H]1O[C@H](OP(=O)([O-])[O-])[C@H](O)[C@@H](O)[C@H]1O.[Li+].[Li+].[Li+]. The molecule has 1 rings (SSSR count). The Labute approximate surface area is 149 Å². The van der Waals surface area contributed by atoms with Gasteiger partial charge in [0.05, 0.1) is 13.8 Å². The third-order valence-electron chi connectivity index (χ3n) is 2.03. The van der Waals surface area contributed by atoms with Gasteiger partial charge < -0.3 is 48.8 Å². The first kappa shape index (κ1) is 26.1. The minimum Gasteiger partial charge on any atom is -0.790 e. The second kappa shape index (κ2) is 10.1. The molecule has 0 saturated carbocycles. The Kier molecular flexibility index (Phi) is 13.2. The summed E-state index contributed by atoms with van der Waals surface area (Å²) in [6.45, 7) is 0. The molecule has 0 aliphatic carbocycles. The standard InChI is InChI=1S/C6H11O10P.3Li/c7-1-2(8)4(5(10)11)15-6(3(1)9)16-17(12,13)14;;;/h1-4,6-9H,(H,10,11)(H2,12,13,14);;;/q;3*+1/p-3/t1-,2+,3+,4-,6+;;;/m0.../s1. The van der Waals surface area contributed by atoms with Gasteiger partial charge in [0.2, 0.25) is 0 Å². The van der Waals surface area contributed by atoms with Gasteiger partial charge in [0.1, 0.15) is 24.4 Å². The van der Waals surface area contributed by atoms with Crippen molar-refractivity contribution < 1.29 is 105 Å². The molecule has 3 N–H and O–H groups in total. The van der Waals surface area contributed by atoms with E-state index < -0.39 is 44.5 Å². The van der Waals surface area contributed by atoms with Crippen LogP contribution in [0.3, 0.4) is 0 Å². The summed E-state index contributed by atoms with van der Waals surface area (Å²) in [5.41, 5.74) is 0. The molecule has 0 spiro atoms. The molecule has 1 aliphatic rings. The molecule has 0 radical (unpaired) electrons. The largest absolute Gasteiger partial charge is 1.00 e. The third kappa shape index (κ3) is 6.98. The van der Waals surface area contributed by atoms with Crippen LogP contribution >= 0.6 is 7.82 Å². The summed E-state index contributed by atoms with van der Waals surface area (Å²) in [5.74, 6) is -1.97. The van der Waals surface area contributed by atoms with E-state index in [2.05, 4.69) is 9.26 Å². The van der Waals surface area contributed by atoms with Crippen LogP contribution in [0.25, 0.3) is 0 Å². The fraction of sp³-hybridized carbons (Fsp3) is 0.833. The van der Waals surface area contributed by atoms with Crippen LogP contribution in [0, 0.1) is 0 Å². The van der Waals surface area contributed by atoms with Crippen molar-refractivity contribution in [2.75, 3.05) is 0 Å². The Hall–Kier alpha value is 1.21. The van der Waals surface area contributed by atoms with Crippen LogP contribution in [0.4, 0.5) is 0 Å². The van der Waals surface area contributed by atoms with Gasteiger partial charge in [0.15, 0.2) is 6.29 Å². The average molecular weight is 292 g/mol. The van der Waals surface area contributed by atoms with E-state index in [9.17, 15) is 34.5 Å². The summed E-state index contributed by atoms with van der Waals surface area (Å²) in [6.07, 6.45) is -10.6. The smallest absolute Gasteiger partial charge is 0.790 e. The van der Waals surface area contributed by atoms with E-state index in [1.807, 2.05) is 0 Å². The number of carboxylic acids is 1. The number of phosphoric ester groups is 1. The second-order valence-electron chi connectivity index (χ2n) is 3.27. The predicted octanol–water partition coefficient (Wildman–Crippen LogP) is -14.6. The zero-order chi connectivity index (χ0) is 13.4. The van der Waals surface area contributed by atoms with Crippen molar-refractivity contribution in [3.8, 4) is 0 Å². The van der Waals surface area contributed by atoms with Gasteiger partial charge in [-0.3, -0.25) is 0 Å². The molecule has 0 aromatic carbocycles. The van der Waals surface area contributed by atoms with Crippen molar-refractivity contribution in [2.24, 2.45) is 0 Å². The second-order valence-corrected chi connectivity index (χ2v) is 4.37. The number of aliphatic hydroxyl groups excluding tert-OH is 3. The molecule has 20 heavy (non-hydrogen) atoms. The maximum atomic E-state index is 10.5. The summed E-state index contributed by atoms with van der Waals surface area (Å²) in [5, 5.41) is 38.0. The Bertz CT molecular complexity index is 350. The number of phosphoric acid groups is 1. The van der Waals surface area contributed by atoms with Crippen molar-refractivity contribution in [2.45, 2.75) is 30.7 Å². The van der Waals surface area contributed by atoms with Crippen molar-refractivity contribution >= 4 is 13.8 Å². The van der Waals surface area contributed by atoms with Crippen LogP contribution in [0.15, 0.2) is 0 Å². The molecule has 0 aromatic heterocycles. The van der Waals surface area contributed by atoms with E-state index in [-0.39, 0.29) is 56.6 Å². The van der Waals surface area contributed by atoms with Crippen molar-refractivity contribution in [1.82, 2.24) is 0 Å². The number of rotatable bonds is 3. The average Bonchev–Trinajstić information content (AvgIpc) is 2.16. The van der Waals surface area contributed by atoms with Crippen molar-refractivity contribution in [3.63, 3.8) is 0 Å². The molecular weight excluding hydrogens is 284 g/mol. The predicted molar refractivity (Wildman–Crippen MR) is 40.4 cm³/mol. The van der Waals surface area contributed by atoms with Crippen LogP contribution in [-0.4, -0.2) is 52.0 Å². The molecule has 0 amide bonds. The maximum Gasteiger partial charge on any atom is 1.00 e. The van der Waals surface area contributed by atoms with Crippen LogP contribution in [0.5, 0.6) is 0 Å². The molecular formula is C6H8Li3O10P. The van der Waals surface area contributed by atoms with E-state index in [0.29, 0.717) is 0 Å². The minimum atomic E-state index is -5.57. The Morgan fingerprint density at radius 2 is 1.50 bits per heavy atom. The monoisotopic (exact) mass is 292 g/mol. The van der Waals surface area contributed by atoms with Crippen LogP contribution < -0.4 is 71.5 Å². The first-order valence-electron chi connectivity index (χ1n) is 4.24. The zero-order valence-electron chi connectivity index (χ0n) is 11.0. The molecule has 14 heteroatoms. The van der Waals surface area contributed by atoms with Gasteiger partial charge in [-0.25, -0.2) is 0 Å². The van der Waals surface area contributed by atoms with Crippen LogP contribution in [0.1, 0.15) is 0 Å². The number of ether oxygens (including phenoxy) is 1. The first-order chi connectivity index (χ1) is 7.63. The molecule has 100 valence electrons. The van der Waals surface area contributed by atoms with Gasteiger partial charge in [-0.05, 0) is 0 Å². The van der Waals surface area contributed by atoms with Crippen LogP contribution in [-0.2, 0) is 18.6 Å². The minimum absolute atomic E-state index is 0. The molecule has 1 fully saturated rings. The fourth-order valence-electron chi connectivity index (χ4n) is 1.26.